The van der Waals surface area contributed by atoms with Crippen LogP contribution < -0.4 is 4.90 Å². The van der Waals surface area contributed by atoms with Gasteiger partial charge in [-0.15, -0.1) is 0 Å². The molecule has 116 valence electrons. The van der Waals surface area contributed by atoms with E-state index in [4.69, 9.17) is 0 Å². The maximum absolute atomic E-state index is 12.8. The number of carbonyl (C=O) groups is 1. The zero-order valence-electron chi connectivity index (χ0n) is 13.4. The molecule has 4 heteroatoms. The lowest BCUT2D eigenvalue weighted by Gasteiger charge is -2.31. The number of hydrogen-bond acceptors (Lipinski definition) is 3. The number of fused-ring (bicyclic) bond motifs is 1. The van der Waals surface area contributed by atoms with Gasteiger partial charge in [0.05, 0.1) is 12.1 Å². The maximum atomic E-state index is 12.8. The number of carbonyl (C=O) groups excluding carboxylic acids is 1. The summed E-state index contributed by atoms with van der Waals surface area (Å²) in [4.78, 5) is 16.8. The first-order chi connectivity index (χ1) is 9.91. The SMILES string of the molecule is CC(O)CCN(C)C(C)C(=O)N1c2ccccc2CC1C. The largest absolute Gasteiger partial charge is 0.393 e. The second kappa shape index (κ2) is 6.58. The van der Waals surface area contributed by atoms with Gasteiger partial charge >= 0.3 is 0 Å². The fraction of sp³-hybridized carbons (Fsp3) is 0.588. The van der Waals surface area contributed by atoms with Gasteiger partial charge in [0.25, 0.3) is 0 Å². The van der Waals surface area contributed by atoms with Gasteiger partial charge in [0.2, 0.25) is 5.91 Å². The van der Waals surface area contributed by atoms with Crippen molar-refractivity contribution >= 4 is 11.6 Å². The van der Waals surface area contributed by atoms with Crippen molar-refractivity contribution in [3.63, 3.8) is 0 Å². The molecule has 2 rings (SSSR count). The van der Waals surface area contributed by atoms with Gasteiger partial charge in [0.15, 0.2) is 0 Å². The Balaban J connectivity index is 2.09. The Bertz CT molecular complexity index is 501. The van der Waals surface area contributed by atoms with E-state index in [9.17, 15) is 9.90 Å². The van der Waals surface area contributed by atoms with Crippen LogP contribution in [0.3, 0.4) is 0 Å². The van der Waals surface area contributed by atoms with Crippen molar-refractivity contribution in [2.45, 2.75) is 51.8 Å². The summed E-state index contributed by atoms with van der Waals surface area (Å²) in [6.45, 7) is 6.53. The number of aliphatic hydroxyl groups is 1. The minimum Gasteiger partial charge on any atom is -0.393 e. The van der Waals surface area contributed by atoms with Crippen molar-refractivity contribution < 1.29 is 9.90 Å². The highest BCUT2D eigenvalue weighted by atomic mass is 16.3. The lowest BCUT2D eigenvalue weighted by Crippen LogP contribution is -2.48. The van der Waals surface area contributed by atoms with Gasteiger partial charge in [-0.25, -0.2) is 0 Å². The second-order valence-electron chi connectivity index (χ2n) is 6.18. The highest BCUT2D eigenvalue weighted by molar-refractivity contribution is 5.99. The van der Waals surface area contributed by atoms with Crippen molar-refractivity contribution in [3.05, 3.63) is 29.8 Å². The summed E-state index contributed by atoms with van der Waals surface area (Å²) in [7, 11) is 1.94. The topological polar surface area (TPSA) is 43.8 Å². The van der Waals surface area contributed by atoms with E-state index in [1.54, 1.807) is 6.92 Å². The Labute approximate surface area is 127 Å². The van der Waals surface area contributed by atoms with Crippen molar-refractivity contribution in [2.24, 2.45) is 0 Å². The number of nitrogens with zero attached hydrogens (tertiary/aromatic N) is 2. The predicted molar refractivity (Wildman–Crippen MR) is 85.5 cm³/mol. The zero-order valence-corrected chi connectivity index (χ0v) is 13.4. The van der Waals surface area contributed by atoms with Gasteiger partial charge in [-0.3, -0.25) is 9.69 Å². The molecule has 1 aliphatic heterocycles. The monoisotopic (exact) mass is 290 g/mol. The molecule has 0 radical (unpaired) electrons. The van der Waals surface area contributed by atoms with Crippen LogP contribution in [0.25, 0.3) is 0 Å². The molecule has 0 fully saturated rings. The normalized spacial score (nSPS) is 20.5. The minimum absolute atomic E-state index is 0.139. The van der Waals surface area contributed by atoms with Crippen LogP contribution in [0.5, 0.6) is 0 Å². The summed E-state index contributed by atoms with van der Waals surface area (Å²) in [5.41, 5.74) is 2.29. The molecule has 0 aliphatic carbocycles. The quantitative estimate of drug-likeness (QED) is 0.902. The average Bonchev–Trinajstić information content (AvgIpc) is 2.78. The third-order valence-electron chi connectivity index (χ3n) is 4.36. The van der Waals surface area contributed by atoms with Crippen LogP contribution in [0, 0.1) is 0 Å². The first kappa shape index (κ1) is 16.0. The smallest absolute Gasteiger partial charge is 0.244 e. The van der Waals surface area contributed by atoms with Crippen molar-refractivity contribution in [1.82, 2.24) is 4.90 Å². The summed E-state index contributed by atoms with van der Waals surface area (Å²) in [6, 6.07) is 8.16. The van der Waals surface area contributed by atoms with Gasteiger partial charge in [-0.1, -0.05) is 18.2 Å². The molecule has 0 saturated carbocycles. The van der Waals surface area contributed by atoms with Gasteiger partial charge in [-0.05, 0) is 52.3 Å². The maximum Gasteiger partial charge on any atom is 0.244 e. The van der Waals surface area contributed by atoms with Crippen LogP contribution in [-0.2, 0) is 11.2 Å². The summed E-state index contributed by atoms with van der Waals surface area (Å²) >= 11 is 0. The number of benzene rings is 1. The van der Waals surface area contributed by atoms with Crippen LogP contribution >= 0.6 is 0 Å². The van der Waals surface area contributed by atoms with E-state index in [1.807, 2.05) is 42.0 Å². The van der Waals surface area contributed by atoms with Gasteiger partial charge < -0.3 is 10.0 Å². The van der Waals surface area contributed by atoms with Gasteiger partial charge in [0, 0.05) is 18.3 Å². The molecule has 1 heterocycles. The fourth-order valence-electron chi connectivity index (χ4n) is 2.88. The zero-order chi connectivity index (χ0) is 15.6. The molecular formula is C17H26N2O2. The van der Waals surface area contributed by atoms with Gasteiger partial charge in [-0.2, -0.15) is 0 Å². The molecule has 0 saturated heterocycles. The molecule has 3 atom stereocenters. The van der Waals surface area contributed by atoms with Crippen LogP contribution in [0.4, 0.5) is 5.69 Å². The summed E-state index contributed by atoms with van der Waals surface area (Å²) < 4.78 is 0. The summed E-state index contributed by atoms with van der Waals surface area (Å²) in [6.07, 6.45) is 1.27. The summed E-state index contributed by atoms with van der Waals surface area (Å²) in [5.74, 6) is 0.139. The Morgan fingerprint density at radius 1 is 1.43 bits per heavy atom. The molecule has 0 aromatic heterocycles. The van der Waals surface area contributed by atoms with E-state index in [1.165, 1.54) is 5.56 Å². The van der Waals surface area contributed by atoms with Crippen molar-refractivity contribution in [2.75, 3.05) is 18.5 Å². The molecule has 3 unspecified atom stereocenters. The fourth-order valence-corrected chi connectivity index (χ4v) is 2.88. The Morgan fingerprint density at radius 2 is 2.10 bits per heavy atom. The first-order valence-corrected chi connectivity index (χ1v) is 7.71. The third-order valence-corrected chi connectivity index (χ3v) is 4.36. The van der Waals surface area contributed by atoms with E-state index >= 15 is 0 Å². The summed E-state index contributed by atoms with van der Waals surface area (Å²) in [5, 5.41) is 9.38. The van der Waals surface area contributed by atoms with Crippen LogP contribution in [0.15, 0.2) is 24.3 Å². The van der Waals surface area contributed by atoms with Crippen LogP contribution in [0.2, 0.25) is 0 Å². The van der Waals surface area contributed by atoms with Gasteiger partial charge in [0.1, 0.15) is 0 Å². The highest BCUT2D eigenvalue weighted by Gasteiger charge is 2.34. The molecule has 21 heavy (non-hydrogen) atoms. The second-order valence-corrected chi connectivity index (χ2v) is 6.18. The van der Waals surface area contributed by atoms with Crippen LogP contribution in [0.1, 0.15) is 32.8 Å². The standard InChI is InChI=1S/C17H26N2O2/c1-12-11-15-7-5-6-8-16(15)19(12)17(21)14(3)18(4)10-9-13(2)20/h5-8,12-14,20H,9-11H2,1-4H3. The van der Waals surface area contributed by atoms with E-state index in [2.05, 4.69) is 13.0 Å². The lowest BCUT2D eigenvalue weighted by molar-refractivity contribution is -0.123. The van der Waals surface area contributed by atoms with Crippen molar-refractivity contribution in [3.8, 4) is 0 Å². The number of likely N-dealkylation sites (N-methyl/N-ethyl adjacent to an activating group) is 1. The molecular weight excluding hydrogens is 264 g/mol. The minimum atomic E-state index is -0.332. The number of para-hydroxylation sites is 1. The number of rotatable bonds is 5. The van der Waals surface area contributed by atoms with E-state index in [-0.39, 0.29) is 24.1 Å². The first-order valence-electron chi connectivity index (χ1n) is 7.71. The van der Waals surface area contributed by atoms with E-state index in [0.717, 1.165) is 12.1 Å². The van der Waals surface area contributed by atoms with E-state index in [0.29, 0.717) is 13.0 Å². The predicted octanol–water partition coefficient (Wildman–Crippen LogP) is 2.06. The molecule has 1 aromatic carbocycles. The number of aliphatic hydroxyl groups excluding tert-OH is 1. The lowest BCUT2D eigenvalue weighted by atomic mass is 10.1. The number of anilines is 1. The van der Waals surface area contributed by atoms with Crippen molar-refractivity contribution in [1.29, 1.82) is 0 Å². The highest BCUT2D eigenvalue weighted by Crippen LogP contribution is 2.32. The molecule has 1 aliphatic rings. The molecule has 1 N–H and O–H groups in total. The van der Waals surface area contributed by atoms with Crippen LogP contribution in [-0.4, -0.2) is 47.7 Å². The Hall–Kier alpha value is -1.39. The number of hydrogen-bond donors (Lipinski definition) is 1. The molecule has 0 bridgehead atoms. The third kappa shape index (κ3) is 3.44. The average molecular weight is 290 g/mol. The molecule has 1 amide bonds. The Kier molecular flexibility index (Phi) is 5.01. The molecule has 1 aromatic rings. The molecule has 0 spiro atoms. The van der Waals surface area contributed by atoms with E-state index < -0.39 is 0 Å². The number of amides is 1. The molecule has 4 nitrogen and oxygen atoms in total. The Morgan fingerprint density at radius 3 is 2.76 bits per heavy atom.